The third-order valence-electron chi connectivity index (χ3n) is 7.50. The van der Waals surface area contributed by atoms with Crippen LogP contribution in [0.2, 0.25) is 0 Å². The Bertz CT molecular complexity index is 1260. The van der Waals surface area contributed by atoms with Crippen LogP contribution in [0, 0.1) is 0 Å². The molecule has 8 nitrogen and oxygen atoms in total. The van der Waals surface area contributed by atoms with Crippen LogP contribution in [0.1, 0.15) is 99.9 Å². The summed E-state index contributed by atoms with van der Waals surface area (Å²) in [4.78, 5) is 13.5. The zero-order valence-electron chi connectivity index (χ0n) is 25.7. The number of ketones is 1. The third kappa shape index (κ3) is 8.17. The standard InChI is InChI=1S/C33H46O8/c1-20(10-9-16-32(2,3)36)11-12-22-21(13-14-25(38-6)31(22)40-8)27-18-24(34)29-28(41-27)19-26(39-7)23(30(29)35)15-17-33(4,5)37/h11,13-14,19,27,35-37H,9-10,12,15-18H2,1-8H3/b20-11+/t27-/m0/s1. The monoisotopic (exact) mass is 570 g/mol. The van der Waals surface area contributed by atoms with Gasteiger partial charge in [-0.15, -0.1) is 0 Å². The van der Waals surface area contributed by atoms with E-state index in [-0.39, 0.29) is 29.3 Å². The molecule has 8 heteroatoms. The lowest BCUT2D eigenvalue weighted by Gasteiger charge is -2.30. The second-order valence-electron chi connectivity index (χ2n) is 12.1. The quantitative estimate of drug-likeness (QED) is 0.242. The summed E-state index contributed by atoms with van der Waals surface area (Å²) in [5, 5.41) is 31.4. The van der Waals surface area contributed by atoms with Gasteiger partial charge in [-0.05, 0) is 79.2 Å². The van der Waals surface area contributed by atoms with Crippen molar-refractivity contribution in [2.24, 2.45) is 0 Å². The lowest BCUT2D eigenvalue weighted by Crippen LogP contribution is -2.23. The van der Waals surface area contributed by atoms with E-state index in [1.165, 1.54) is 12.7 Å². The molecule has 1 heterocycles. The predicted octanol–water partition coefficient (Wildman–Crippen LogP) is 6.26. The fraction of sp³-hybridized carbons (Fsp3) is 0.545. The highest BCUT2D eigenvalue weighted by Gasteiger charge is 2.35. The number of carbonyl (C=O) groups excluding carboxylic acids is 1. The minimum Gasteiger partial charge on any atom is -0.507 e. The molecular weight excluding hydrogens is 524 g/mol. The number of hydrogen-bond donors (Lipinski definition) is 3. The lowest BCUT2D eigenvalue weighted by atomic mass is 9.88. The molecular formula is C33H46O8. The molecule has 0 aromatic heterocycles. The number of phenolic OH excluding ortho intramolecular Hbond substituents is 1. The van der Waals surface area contributed by atoms with E-state index in [9.17, 15) is 20.1 Å². The molecule has 1 aliphatic heterocycles. The number of carbonyl (C=O) groups is 1. The van der Waals surface area contributed by atoms with Gasteiger partial charge in [-0.2, -0.15) is 0 Å². The van der Waals surface area contributed by atoms with Crippen LogP contribution in [-0.2, 0) is 12.8 Å². The maximum absolute atomic E-state index is 13.5. The van der Waals surface area contributed by atoms with Gasteiger partial charge in [0.15, 0.2) is 17.3 Å². The van der Waals surface area contributed by atoms with Gasteiger partial charge in [0.05, 0.1) is 39.0 Å². The van der Waals surface area contributed by atoms with E-state index < -0.39 is 17.3 Å². The van der Waals surface area contributed by atoms with Crippen LogP contribution in [-0.4, -0.2) is 53.6 Å². The number of aliphatic hydroxyl groups is 2. The van der Waals surface area contributed by atoms with Crippen molar-refractivity contribution in [3.05, 3.63) is 52.1 Å². The van der Waals surface area contributed by atoms with E-state index in [1.54, 1.807) is 40.2 Å². The number of fused-ring (bicyclic) bond motifs is 1. The van der Waals surface area contributed by atoms with Crippen LogP contribution < -0.4 is 18.9 Å². The summed E-state index contributed by atoms with van der Waals surface area (Å²) in [5.41, 5.74) is 1.81. The highest BCUT2D eigenvalue weighted by Crippen LogP contribution is 2.47. The topological polar surface area (TPSA) is 115 Å². The summed E-state index contributed by atoms with van der Waals surface area (Å²) in [7, 11) is 4.67. The van der Waals surface area contributed by atoms with E-state index in [0.29, 0.717) is 48.5 Å². The summed E-state index contributed by atoms with van der Waals surface area (Å²) < 4.78 is 23.3. The lowest BCUT2D eigenvalue weighted by molar-refractivity contribution is 0.0687. The SMILES string of the molecule is COc1cc2c(c(O)c1CCC(C)(C)O)C(=O)C[C@@H](c1ccc(OC)c(OC)c1C/C=C(\C)CCCC(C)(C)O)O2. The molecule has 0 radical (unpaired) electrons. The Labute approximate surface area is 243 Å². The summed E-state index contributed by atoms with van der Waals surface area (Å²) in [6.45, 7) is 9.09. The summed E-state index contributed by atoms with van der Waals surface area (Å²) in [6.07, 6.45) is 5.24. The number of hydrogen-bond acceptors (Lipinski definition) is 8. The van der Waals surface area contributed by atoms with E-state index in [0.717, 1.165) is 24.0 Å². The number of rotatable bonds is 13. The van der Waals surface area contributed by atoms with Crippen LogP contribution in [0.4, 0.5) is 0 Å². The second kappa shape index (κ2) is 13.2. The molecule has 2 aromatic carbocycles. The van der Waals surface area contributed by atoms with Gasteiger partial charge < -0.3 is 34.3 Å². The minimum atomic E-state index is -0.939. The molecule has 1 atom stereocenters. The molecule has 1 aliphatic rings. The predicted molar refractivity (Wildman–Crippen MR) is 159 cm³/mol. The van der Waals surface area contributed by atoms with Crippen molar-refractivity contribution in [1.29, 1.82) is 0 Å². The van der Waals surface area contributed by atoms with Gasteiger partial charge in [0.25, 0.3) is 0 Å². The Morgan fingerprint density at radius 2 is 1.66 bits per heavy atom. The van der Waals surface area contributed by atoms with Gasteiger partial charge in [-0.3, -0.25) is 4.79 Å². The zero-order valence-corrected chi connectivity index (χ0v) is 25.7. The van der Waals surface area contributed by atoms with E-state index in [4.69, 9.17) is 18.9 Å². The molecule has 0 saturated heterocycles. The van der Waals surface area contributed by atoms with Crippen molar-refractivity contribution >= 4 is 5.78 Å². The van der Waals surface area contributed by atoms with Crippen molar-refractivity contribution in [3.8, 4) is 28.7 Å². The van der Waals surface area contributed by atoms with Crippen molar-refractivity contribution < 1.29 is 39.1 Å². The second-order valence-corrected chi connectivity index (χ2v) is 12.1. The number of Topliss-reactive ketones (excluding diaryl/α,β-unsaturated/α-hetero) is 1. The molecule has 0 aliphatic carbocycles. The highest BCUT2D eigenvalue weighted by molar-refractivity contribution is 6.03. The van der Waals surface area contributed by atoms with Crippen molar-refractivity contribution in [2.75, 3.05) is 21.3 Å². The first kappa shape index (κ1) is 32.3. The molecule has 0 amide bonds. The number of benzene rings is 2. The molecule has 0 saturated carbocycles. The van der Waals surface area contributed by atoms with E-state index >= 15 is 0 Å². The minimum absolute atomic E-state index is 0.0363. The number of phenols is 1. The van der Waals surface area contributed by atoms with E-state index in [2.05, 4.69) is 13.0 Å². The Morgan fingerprint density at radius 3 is 2.24 bits per heavy atom. The molecule has 2 aromatic rings. The molecule has 226 valence electrons. The number of aromatic hydroxyl groups is 1. The van der Waals surface area contributed by atoms with Crippen molar-refractivity contribution in [3.63, 3.8) is 0 Å². The van der Waals surface area contributed by atoms with Gasteiger partial charge in [-0.25, -0.2) is 0 Å². The zero-order chi connectivity index (χ0) is 30.5. The largest absolute Gasteiger partial charge is 0.507 e. The number of ether oxygens (including phenoxy) is 4. The number of methoxy groups -OCH3 is 3. The fourth-order valence-corrected chi connectivity index (χ4v) is 5.21. The first-order valence-electron chi connectivity index (χ1n) is 14.2. The summed E-state index contributed by atoms with van der Waals surface area (Å²) in [6, 6.07) is 5.34. The Hall–Kier alpha value is -3.23. The molecule has 0 bridgehead atoms. The van der Waals surface area contributed by atoms with Gasteiger partial charge in [0.1, 0.15) is 28.9 Å². The smallest absolute Gasteiger partial charge is 0.174 e. The molecule has 3 rings (SSSR count). The van der Waals surface area contributed by atoms with Crippen LogP contribution in [0.15, 0.2) is 29.8 Å². The maximum atomic E-state index is 13.5. The highest BCUT2D eigenvalue weighted by atomic mass is 16.5. The van der Waals surface area contributed by atoms with Gasteiger partial charge >= 0.3 is 0 Å². The number of allylic oxidation sites excluding steroid dienone is 2. The van der Waals surface area contributed by atoms with Crippen LogP contribution in [0.25, 0.3) is 0 Å². The molecule has 0 fully saturated rings. The van der Waals surface area contributed by atoms with Crippen LogP contribution in [0.3, 0.4) is 0 Å². The summed E-state index contributed by atoms with van der Waals surface area (Å²) >= 11 is 0. The van der Waals surface area contributed by atoms with Crippen molar-refractivity contribution in [2.45, 2.75) is 96.9 Å². The van der Waals surface area contributed by atoms with Crippen molar-refractivity contribution in [1.82, 2.24) is 0 Å². The normalized spacial score (nSPS) is 15.8. The van der Waals surface area contributed by atoms with Gasteiger partial charge in [0, 0.05) is 22.8 Å². The Balaban J connectivity index is 1.98. The molecule has 0 spiro atoms. The van der Waals surface area contributed by atoms with Gasteiger partial charge in [-0.1, -0.05) is 17.7 Å². The maximum Gasteiger partial charge on any atom is 0.174 e. The fourth-order valence-electron chi connectivity index (χ4n) is 5.21. The third-order valence-corrected chi connectivity index (χ3v) is 7.50. The average molecular weight is 571 g/mol. The first-order valence-corrected chi connectivity index (χ1v) is 14.2. The molecule has 0 unspecified atom stereocenters. The Kier molecular flexibility index (Phi) is 10.4. The van der Waals surface area contributed by atoms with Crippen LogP contribution >= 0.6 is 0 Å². The van der Waals surface area contributed by atoms with Gasteiger partial charge in [0.2, 0.25) is 0 Å². The average Bonchev–Trinajstić information content (AvgIpc) is 2.88. The molecule has 3 N–H and O–H groups in total. The Morgan fingerprint density at radius 1 is 1.00 bits per heavy atom. The van der Waals surface area contributed by atoms with E-state index in [1.807, 2.05) is 19.9 Å². The van der Waals surface area contributed by atoms with Crippen LogP contribution in [0.5, 0.6) is 28.7 Å². The molecule has 41 heavy (non-hydrogen) atoms. The summed E-state index contributed by atoms with van der Waals surface area (Å²) in [5.74, 6) is 1.42. The first-order chi connectivity index (χ1) is 19.2.